The van der Waals surface area contributed by atoms with Gasteiger partial charge in [0.25, 0.3) is 0 Å². The molecule has 1 aliphatic heterocycles. The number of likely N-dealkylation sites (tertiary alicyclic amines) is 1. The van der Waals surface area contributed by atoms with Gasteiger partial charge in [-0.3, -0.25) is 0 Å². The molecule has 16 heavy (non-hydrogen) atoms. The van der Waals surface area contributed by atoms with E-state index in [1.54, 1.807) is 4.90 Å². The maximum Gasteiger partial charge on any atom is 0.410 e. The van der Waals surface area contributed by atoms with Gasteiger partial charge >= 0.3 is 6.09 Å². The highest BCUT2D eigenvalue weighted by molar-refractivity contribution is 5.68. The van der Waals surface area contributed by atoms with Gasteiger partial charge < -0.3 is 15.4 Å². The van der Waals surface area contributed by atoms with Crippen LogP contribution in [0.4, 0.5) is 4.79 Å². The predicted molar refractivity (Wildman–Crippen MR) is 64.2 cm³/mol. The molecule has 0 radical (unpaired) electrons. The van der Waals surface area contributed by atoms with Gasteiger partial charge in [0.05, 0.1) is 0 Å². The summed E-state index contributed by atoms with van der Waals surface area (Å²) < 4.78 is 5.35. The Morgan fingerprint density at radius 1 is 1.50 bits per heavy atom. The number of piperidine rings is 1. The van der Waals surface area contributed by atoms with Crippen molar-refractivity contribution < 1.29 is 9.53 Å². The first kappa shape index (κ1) is 13.3. The summed E-state index contributed by atoms with van der Waals surface area (Å²) in [4.78, 5) is 13.6. The lowest BCUT2D eigenvalue weighted by Crippen LogP contribution is -2.46. The number of carbonyl (C=O) groups excluding carboxylic acids is 1. The molecule has 0 saturated carbocycles. The highest BCUT2D eigenvalue weighted by Crippen LogP contribution is 2.20. The SMILES string of the molecule is C[C@@H](N)[C@@H]1CCCN(C(=O)OC(C)(C)C)C1. The maximum absolute atomic E-state index is 11.8. The Kier molecular flexibility index (Phi) is 4.19. The molecule has 2 N–H and O–H groups in total. The van der Waals surface area contributed by atoms with Crippen LogP contribution in [-0.4, -0.2) is 35.7 Å². The summed E-state index contributed by atoms with van der Waals surface area (Å²) >= 11 is 0. The molecule has 1 aliphatic rings. The molecule has 1 saturated heterocycles. The Bertz CT molecular complexity index is 246. The summed E-state index contributed by atoms with van der Waals surface area (Å²) in [6.07, 6.45) is 1.92. The van der Waals surface area contributed by atoms with Crippen LogP contribution in [0.15, 0.2) is 0 Å². The van der Waals surface area contributed by atoms with E-state index in [0.717, 1.165) is 25.9 Å². The van der Waals surface area contributed by atoms with Crippen LogP contribution in [0, 0.1) is 5.92 Å². The van der Waals surface area contributed by atoms with E-state index in [4.69, 9.17) is 10.5 Å². The molecule has 0 spiro atoms. The van der Waals surface area contributed by atoms with Crippen molar-refractivity contribution in [2.24, 2.45) is 11.7 Å². The number of nitrogens with two attached hydrogens (primary N) is 1. The molecule has 0 bridgehead atoms. The molecule has 4 nitrogen and oxygen atoms in total. The van der Waals surface area contributed by atoms with Gasteiger partial charge in [-0.25, -0.2) is 4.79 Å². The largest absolute Gasteiger partial charge is 0.444 e. The summed E-state index contributed by atoms with van der Waals surface area (Å²) in [5.74, 6) is 0.404. The zero-order valence-electron chi connectivity index (χ0n) is 10.8. The van der Waals surface area contributed by atoms with Gasteiger partial charge in [0.15, 0.2) is 0 Å². The second-order valence-corrected chi connectivity index (χ2v) is 5.69. The fourth-order valence-electron chi connectivity index (χ4n) is 1.93. The number of hydrogen-bond acceptors (Lipinski definition) is 3. The number of ether oxygens (including phenoxy) is 1. The van der Waals surface area contributed by atoms with E-state index < -0.39 is 5.60 Å². The van der Waals surface area contributed by atoms with Gasteiger partial charge in [0.2, 0.25) is 0 Å². The second-order valence-electron chi connectivity index (χ2n) is 5.69. The molecule has 0 aliphatic carbocycles. The Labute approximate surface area is 98.1 Å². The molecule has 0 aromatic rings. The molecule has 1 rings (SSSR count). The van der Waals surface area contributed by atoms with E-state index in [0.29, 0.717) is 5.92 Å². The van der Waals surface area contributed by atoms with Crippen molar-refractivity contribution in [3.8, 4) is 0 Å². The van der Waals surface area contributed by atoms with Crippen LogP contribution in [0.3, 0.4) is 0 Å². The molecule has 94 valence electrons. The van der Waals surface area contributed by atoms with Gasteiger partial charge in [-0.15, -0.1) is 0 Å². The number of amides is 1. The monoisotopic (exact) mass is 228 g/mol. The molecule has 1 heterocycles. The standard InChI is InChI=1S/C12H24N2O2/c1-9(13)10-6-5-7-14(8-10)11(15)16-12(2,3)4/h9-10H,5-8,13H2,1-4H3/t9-,10-/m1/s1. The number of carbonyl (C=O) groups is 1. The van der Waals surface area contributed by atoms with E-state index in [1.165, 1.54) is 0 Å². The van der Waals surface area contributed by atoms with E-state index in [1.807, 2.05) is 27.7 Å². The second kappa shape index (κ2) is 5.04. The zero-order chi connectivity index (χ0) is 12.3. The van der Waals surface area contributed by atoms with Gasteiger partial charge in [-0.1, -0.05) is 0 Å². The normalized spacial score (nSPS) is 24.1. The lowest BCUT2D eigenvalue weighted by atomic mass is 9.92. The van der Waals surface area contributed by atoms with Crippen molar-refractivity contribution in [2.75, 3.05) is 13.1 Å². The first-order valence-electron chi connectivity index (χ1n) is 6.03. The van der Waals surface area contributed by atoms with E-state index >= 15 is 0 Å². The van der Waals surface area contributed by atoms with Crippen molar-refractivity contribution in [1.29, 1.82) is 0 Å². The van der Waals surface area contributed by atoms with Crippen LogP contribution >= 0.6 is 0 Å². The van der Waals surface area contributed by atoms with Crippen molar-refractivity contribution >= 4 is 6.09 Å². The first-order valence-corrected chi connectivity index (χ1v) is 6.03. The van der Waals surface area contributed by atoms with Crippen LogP contribution in [0.25, 0.3) is 0 Å². The van der Waals surface area contributed by atoms with Crippen molar-refractivity contribution in [3.63, 3.8) is 0 Å². The summed E-state index contributed by atoms with van der Waals surface area (Å²) in [6, 6.07) is 0.144. The van der Waals surface area contributed by atoms with Crippen LogP contribution in [0.1, 0.15) is 40.5 Å². The summed E-state index contributed by atoms with van der Waals surface area (Å²) in [7, 11) is 0. The quantitative estimate of drug-likeness (QED) is 0.746. The summed E-state index contributed by atoms with van der Waals surface area (Å²) in [6.45, 7) is 9.18. The summed E-state index contributed by atoms with van der Waals surface area (Å²) in [5, 5.41) is 0. The molecule has 0 aromatic heterocycles. The average molecular weight is 228 g/mol. The molecule has 4 heteroatoms. The summed E-state index contributed by atoms with van der Waals surface area (Å²) in [5.41, 5.74) is 5.46. The number of nitrogens with zero attached hydrogens (tertiary/aromatic N) is 1. The third-order valence-electron chi connectivity index (χ3n) is 2.85. The third-order valence-corrected chi connectivity index (χ3v) is 2.85. The number of rotatable bonds is 1. The topological polar surface area (TPSA) is 55.6 Å². The molecular weight excluding hydrogens is 204 g/mol. The zero-order valence-corrected chi connectivity index (χ0v) is 10.8. The van der Waals surface area contributed by atoms with E-state index in [2.05, 4.69) is 0 Å². The van der Waals surface area contributed by atoms with Crippen LogP contribution in [-0.2, 0) is 4.74 Å². The minimum absolute atomic E-state index is 0.144. The van der Waals surface area contributed by atoms with Gasteiger partial charge in [-0.2, -0.15) is 0 Å². The van der Waals surface area contributed by atoms with Crippen molar-refractivity contribution in [1.82, 2.24) is 4.90 Å². The molecule has 1 amide bonds. The first-order chi connectivity index (χ1) is 7.29. The Morgan fingerprint density at radius 3 is 2.62 bits per heavy atom. The lowest BCUT2D eigenvalue weighted by molar-refractivity contribution is 0.0156. The lowest BCUT2D eigenvalue weighted by Gasteiger charge is -2.35. The molecule has 0 unspecified atom stereocenters. The fraction of sp³-hybridized carbons (Fsp3) is 0.917. The fourth-order valence-corrected chi connectivity index (χ4v) is 1.93. The Morgan fingerprint density at radius 2 is 2.12 bits per heavy atom. The molecule has 1 fully saturated rings. The molecule has 2 atom stereocenters. The highest BCUT2D eigenvalue weighted by atomic mass is 16.6. The van der Waals surface area contributed by atoms with Gasteiger partial charge in [-0.05, 0) is 46.5 Å². The molecule has 0 aromatic carbocycles. The van der Waals surface area contributed by atoms with Crippen molar-refractivity contribution in [2.45, 2.75) is 52.2 Å². The van der Waals surface area contributed by atoms with Gasteiger partial charge in [0, 0.05) is 19.1 Å². The smallest absolute Gasteiger partial charge is 0.410 e. The van der Waals surface area contributed by atoms with Crippen molar-refractivity contribution in [3.05, 3.63) is 0 Å². The van der Waals surface area contributed by atoms with E-state index in [-0.39, 0.29) is 12.1 Å². The molecular formula is C12H24N2O2. The van der Waals surface area contributed by atoms with Gasteiger partial charge in [0.1, 0.15) is 5.60 Å². The predicted octanol–water partition coefficient (Wildman–Crippen LogP) is 1.98. The van der Waals surface area contributed by atoms with E-state index in [9.17, 15) is 4.79 Å². The highest BCUT2D eigenvalue weighted by Gasteiger charge is 2.28. The average Bonchev–Trinajstić information content (AvgIpc) is 2.15. The van der Waals surface area contributed by atoms with Crippen LogP contribution in [0.5, 0.6) is 0 Å². The minimum Gasteiger partial charge on any atom is -0.444 e. The number of hydrogen-bond donors (Lipinski definition) is 1. The Balaban J connectivity index is 2.50. The van der Waals surface area contributed by atoms with Crippen LogP contribution < -0.4 is 5.73 Å². The maximum atomic E-state index is 11.8. The third kappa shape index (κ3) is 4.00. The minimum atomic E-state index is -0.418. The van der Waals surface area contributed by atoms with Crippen LogP contribution in [0.2, 0.25) is 0 Å². The Hall–Kier alpha value is -0.770.